The first kappa shape index (κ1) is 87.8. The number of hydrogen-bond donors (Lipinski definition) is 29. The number of carbonyl (C=O) groups is 2. The molecule has 0 saturated carbocycles. The Morgan fingerprint density at radius 1 is 0.352 bits per heavy atom. The predicted molar refractivity (Wildman–Crippen MR) is 321 cm³/mol. The van der Waals surface area contributed by atoms with Crippen molar-refractivity contribution in [2.45, 2.75) is 291 Å². The van der Waals surface area contributed by atoms with Gasteiger partial charge in [0.25, 0.3) is 0 Å². The van der Waals surface area contributed by atoms with Crippen LogP contribution in [0, 0.1) is 0 Å². The minimum absolute atomic E-state index is 0.849. The molecule has 0 bridgehead atoms. The molecular formula is C58H100N2O45. The van der Waals surface area contributed by atoms with Gasteiger partial charge < -0.3 is 224 Å². The Hall–Kier alpha value is -2.78. The van der Waals surface area contributed by atoms with Crippen molar-refractivity contribution in [1.82, 2.24) is 10.6 Å². The Labute approximate surface area is 594 Å². The standard InChI is InChI=1S/C58H100N2O45/c1-13-26(70)35(79)40(84)52(93-13)90-10-17(69)46(27(71)16(4-61)59-14(2)67)101-51-25(60-15(3)68)34(78)47(22(9-66)98-51)102-57-45(89)49(104-58-50(39(83)31(75)21(8-65)97-58)105-56-43(87)38(82)30(74)20(7-64)96-56)33(77)24(100-57)12-92-54-44(88)48(103-55-42(86)37(81)29(73)19(6-63)95-55)32(76)23(99-54)11-91-53-41(85)36(80)28(72)18(5-62)94-53/h13,16-58,61-66,69-89H,4-12H2,1-3H3,(H,59,67)(H,60,68)/t13-,16-,17+,18+,19+,20+,21+,22+,23+,24+,25+,26+,27+,28+,29+,30+,31+,32+,33+,34+,35+,36-,37-,38-,39-,40-,41-,42-,43-,44-,45-,46+,47+,48-,49-,50-,51-,52+,53-,54-,55+,56+,57-,58+/m0/s1. The van der Waals surface area contributed by atoms with Gasteiger partial charge >= 0.3 is 0 Å². The Morgan fingerprint density at radius 2 is 0.714 bits per heavy atom. The van der Waals surface area contributed by atoms with Gasteiger partial charge in [-0.25, -0.2) is 0 Å². The SMILES string of the molecule is CC(=O)N[C@H]1[C@H](O[C@@H]([C@H](O)[C@H](CO)NC(C)=O)[C@H](O)CO[C@@H]2O[C@@H](C)[C@@H](O)[C@@H](O)[C@@H]2O)O[C@H](CO)[C@@H](O[C@@H]2O[C@H](CO[C@H]3O[C@H](CO[C@H]4O[C@H](CO)[C@@H](O)[C@H](O)[C@@H]4O)[C@@H](O)[C@H](O[C@H]4O[C@H](CO)[C@@H](O)[C@H](O)[C@@H]4O)[C@@H]3O)[C@@H](O)[C@H](O[C@H]3O[C@H](CO)[C@@H](O)[C@H](O)[C@@H]3O[C@H]3O[C@H](CO)[C@@H](O)[C@H](O)[C@@H]3O)[C@@H]2O)[C@@H]1O. The molecule has 105 heavy (non-hydrogen) atoms. The first-order valence-corrected chi connectivity index (χ1v) is 33.4. The summed E-state index contributed by atoms with van der Waals surface area (Å²) in [6.07, 6.45) is -87.4. The number of ether oxygens (including phenoxy) is 16. The van der Waals surface area contributed by atoms with Crippen molar-refractivity contribution in [2.75, 3.05) is 59.5 Å². The number of nitrogens with one attached hydrogen (secondary N) is 2. The summed E-state index contributed by atoms with van der Waals surface area (Å²) < 4.78 is 92.5. The molecule has 0 spiro atoms. The van der Waals surface area contributed by atoms with Crippen molar-refractivity contribution >= 4 is 11.8 Å². The van der Waals surface area contributed by atoms with E-state index in [0.717, 1.165) is 13.8 Å². The second-order valence-electron chi connectivity index (χ2n) is 26.5. The molecule has 0 aromatic carbocycles. The molecule has 8 aliphatic rings. The zero-order valence-corrected chi connectivity index (χ0v) is 56.2. The Kier molecular flexibility index (Phi) is 32.3. The highest BCUT2D eigenvalue weighted by atomic mass is 16.8. The first-order valence-electron chi connectivity index (χ1n) is 33.4. The highest BCUT2D eigenvalue weighted by molar-refractivity contribution is 5.73. The van der Waals surface area contributed by atoms with Crippen LogP contribution in [-0.4, -0.2) is 479 Å². The van der Waals surface area contributed by atoms with Crippen LogP contribution in [0.5, 0.6) is 0 Å². The summed E-state index contributed by atoms with van der Waals surface area (Å²) >= 11 is 0. The van der Waals surface area contributed by atoms with Gasteiger partial charge in [-0.05, 0) is 6.92 Å². The van der Waals surface area contributed by atoms with Crippen molar-refractivity contribution in [2.24, 2.45) is 0 Å². The van der Waals surface area contributed by atoms with E-state index >= 15 is 0 Å². The second-order valence-corrected chi connectivity index (χ2v) is 26.5. The zero-order chi connectivity index (χ0) is 77.6. The lowest BCUT2D eigenvalue weighted by molar-refractivity contribution is -0.398. The third-order valence-corrected chi connectivity index (χ3v) is 19.1. The van der Waals surface area contributed by atoms with Crippen molar-refractivity contribution < 1.29 is 223 Å². The van der Waals surface area contributed by atoms with Crippen molar-refractivity contribution in [3.8, 4) is 0 Å². The summed E-state index contributed by atoms with van der Waals surface area (Å²) in [5.74, 6) is -1.85. The summed E-state index contributed by atoms with van der Waals surface area (Å²) in [7, 11) is 0. The van der Waals surface area contributed by atoms with Gasteiger partial charge in [-0.3, -0.25) is 9.59 Å². The van der Waals surface area contributed by atoms with Crippen LogP contribution in [0.2, 0.25) is 0 Å². The van der Waals surface area contributed by atoms with Gasteiger partial charge in [0, 0.05) is 13.8 Å². The lowest BCUT2D eigenvalue weighted by Gasteiger charge is -2.50. The van der Waals surface area contributed by atoms with Gasteiger partial charge in [-0.15, -0.1) is 0 Å². The molecule has 8 heterocycles. The number of rotatable bonds is 30. The average Bonchev–Trinajstić information content (AvgIpc) is 0.794. The van der Waals surface area contributed by atoms with Crippen LogP contribution in [-0.2, 0) is 85.4 Å². The molecule has 2 amide bonds. The summed E-state index contributed by atoms with van der Waals surface area (Å²) in [5.41, 5.74) is 0. The number of carbonyl (C=O) groups excluding carboxylic acids is 2. The van der Waals surface area contributed by atoms with Gasteiger partial charge in [0.1, 0.15) is 207 Å². The van der Waals surface area contributed by atoms with E-state index in [1.807, 2.05) is 0 Å². The van der Waals surface area contributed by atoms with E-state index in [0.29, 0.717) is 0 Å². The van der Waals surface area contributed by atoms with Gasteiger partial charge in [-0.1, -0.05) is 0 Å². The average molecular weight is 1550 g/mol. The highest BCUT2D eigenvalue weighted by Gasteiger charge is 2.59. The summed E-state index contributed by atoms with van der Waals surface area (Å²) in [4.78, 5) is 25.3. The first-order chi connectivity index (χ1) is 49.6. The van der Waals surface area contributed by atoms with E-state index in [1.165, 1.54) is 6.92 Å². The molecule has 47 heteroatoms. The van der Waals surface area contributed by atoms with Crippen LogP contribution in [0.15, 0.2) is 0 Å². The van der Waals surface area contributed by atoms with E-state index < -0.39 is 341 Å². The monoisotopic (exact) mass is 1540 g/mol. The van der Waals surface area contributed by atoms with Gasteiger partial charge in [0.15, 0.2) is 50.3 Å². The minimum atomic E-state index is -2.56. The number of hydrogen-bond acceptors (Lipinski definition) is 45. The van der Waals surface area contributed by atoms with Crippen LogP contribution in [0.25, 0.3) is 0 Å². The normalized spacial score (nSPS) is 48.4. The van der Waals surface area contributed by atoms with Crippen LogP contribution in [0.1, 0.15) is 20.8 Å². The largest absolute Gasteiger partial charge is 0.394 e. The molecule has 8 aliphatic heterocycles. The zero-order valence-electron chi connectivity index (χ0n) is 56.2. The van der Waals surface area contributed by atoms with Gasteiger partial charge in [0.2, 0.25) is 11.8 Å². The molecule has 0 aromatic rings. The van der Waals surface area contributed by atoms with E-state index in [1.54, 1.807) is 0 Å². The van der Waals surface area contributed by atoms with Crippen molar-refractivity contribution in [3.63, 3.8) is 0 Å². The van der Waals surface area contributed by atoms with Gasteiger partial charge in [-0.2, -0.15) is 0 Å². The highest BCUT2D eigenvalue weighted by Crippen LogP contribution is 2.38. The quantitative estimate of drug-likeness (QED) is 0.0318. The van der Waals surface area contributed by atoms with Crippen molar-refractivity contribution in [1.29, 1.82) is 0 Å². The molecule has 0 aliphatic carbocycles. The summed E-state index contributed by atoms with van der Waals surface area (Å²) in [6, 6.07) is -3.76. The van der Waals surface area contributed by atoms with E-state index in [-0.39, 0.29) is 0 Å². The third kappa shape index (κ3) is 19.8. The fourth-order valence-electron chi connectivity index (χ4n) is 13.0. The lowest BCUT2D eigenvalue weighted by atomic mass is 9.94. The molecular weight excluding hydrogens is 1440 g/mol. The molecule has 0 aromatic heterocycles. The molecule has 8 saturated heterocycles. The minimum Gasteiger partial charge on any atom is -0.394 e. The Morgan fingerprint density at radius 3 is 1.18 bits per heavy atom. The molecule has 8 fully saturated rings. The molecule has 44 atom stereocenters. The van der Waals surface area contributed by atoms with Crippen LogP contribution in [0.4, 0.5) is 0 Å². The maximum atomic E-state index is 13.1. The van der Waals surface area contributed by atoms with Crippen molar-refractivity contribution in [3.05, 3.63) is 0 Å². The summed E-state index contributed by atoms with van der Waals surface area (Å²) in [6.45, 7) is -6.50. The number of amides is 2. The molecule has 612 valence electrons. The summed E-state index contributed by atoms with van der Waals surface area (Å²) in [5, 5.41) is 300. The Balaban J connectivity index is 1.13. The molecule has 8 rings (SSSR count). The Bertz CT molecular complexity index is 2640. The maximum absolute atomic E-state index is 13.1. The van der Waals surface area contributed by atoms with Crippen LogP contribution < -0.4 is 10.6 Å². The van der Waals surface area contributed by atoms with E-state index in [9.17, 15) is 147 Å². The smallest absolute Gasteiger partial charge is 0.217 e. The molecule has 47 nitrogen and oxygen atoms in total. The molecule has 29 N–H and O–H groups in total. The van der Waals surface area contributed by atoms with E-state index in [2.05, 4.69) is 10.6 Å². The second kappa shape index (κ2) is 38.6. The lowest BCUT2D eigenvalue weighted by Crippen LogP contribution is -2.69. The fourth-order valence-corrected chi connectivity index (χ4v) is 13.0. The van der Waals surface area contributed by atoms with Crippen LogP contribution >= 0.6 is 0 Å². The van der Waals surface area contributed by atoms with Crippen LogP contribution in [0.3, 0.4) is 0 Å². The van der Waals surface area contributed by atoms with E-state index in [4.69, 9.17) is 75.8 Å². The van der Waals surface area contributed by atoms with Gasteiger partial charge in [0.05, 0.1) is 71.6 Å². The fraction of sp³-hybridized carbons (Fsp3) is 0.966. The number of aliphatic hydroxyl groups excluding tert-OH is 27. The third-order valence-electron chi connectivity index (χ3n) is 19.1. The topological polar surface area (TPSA) is 752 Å². The number of aliphatic hydroxyl groups is 27. The predicted octanol–water partition coefficient (Wildman–Crippen LogP) is -19.7. The maximum Gasteiger partial charge on any atom is 0.217 e. The molecule has 0 unspecified atom stereocenters. The molecule has 0 radical (unpaired) electrons.